The Morgan fingerprint density at radius 3 is 2.00 bits per heavy atom. The highest BCUT2D eigenvalue weighted by Crippen LogP contribution is 2.14. The van der Waals surface area contributed by atoms with Gasteiger partial charge in [0.25, 0.3) is 5.69 Å². The predicted molar refractivity (Wildman–Crippen MR) is 58.7 cm³/mol. The third-order valence-corrected chi connectivity index (χ3v) is 2.27. The van der Waals surface area contributed by atoms with Gasteiger partial charge in [0.15, 0.2) is 0 Å². The van der Waals surface area contributed by atoms with Gasteiger partial charge in [-0.2, -0.15) is 0 Å². The van der Waals surface area contributed by atoms with Crippen LogP contribution in [0.3, 0.4) is 0 Å². The summed E-state index contributed by atoms with van der Waals surface area (Å²) in [6, 6.07) is 5.48. The molecule has 1 aromatic rings. The number of primary amides is 2. The molecule has 0 aliphatic heterocycles. The number of non-ortho nitro benzene ring substituents is 1. The minimum atomic E-state index is -1.10. The normalized spacial score (nSPS) is 10.2. The summed E-state index contributed by atoms with van der Waals surface area (Å²) in [5, 5.41) is 10.4. The van der Waals surface area contributed by atoms with Gasteiger partial charge < -0.3 is 11.5 Å². The summed E-state index contributed by atoms with van der Waals surface area (Å²) in [5.41, 5.74) is 10.5. The molecule has 90 valence electrons. The van der Waals surface area contributed by atoms with Crippen LogP contribution >= 0.6 is 0 Å². The van der Waals surface area contributed by atoms with Crippen LogP contribution in [-0.2, 0) is 16.0 Å². The van der Waals surface area contributed by atoms with Crippen LogP contribution in [0.4, 0.5) is 5.69 Å². The molecule has 2 amide bonds. The quantitative estimate of drug-likeness (QED) is 0.414. The van der Waals surface area contributed by atoms with Gasteiger partial charge in [-0.1, -0.05) is 12.1 Å². The van der Waals surface area contributed by atoms with Gasteiger partial charge in [0.2, 0.25) is 11.8 Å². The Kier molecular flexibility index (Phi) is 3.76. The SMILES string of the molecule is NC(=O)C(Cc1ccc([N+](=O)[O-])cc1)C(N)=O. The van der Waals surface area contributed by atoms with Crippen LogP contribution in [0.25, 0.3) is 0 Å². The molecule has 1 rings (SSSR count). The summed E-state index contributed by atoms with van der Waals surface area (Å²) in [7, 11) is 0. The molecule has 1 aromatic carbocycles. The summed E-state index contributed by atoms with van der Waals surface area (Å²) >= 11 is 0. The summed E-state index contributed by atoms with van der Waals surface area (Å²) in [6.07, 6.45) is 0.0443. The molecule has 0 aliphatic carbocycles. The number of rotatable bonds is 5. The molecule has 0 bridgehead atoms. The van der Waals surface area contributed by atoms with E-state index in [1.165, 1.54) is 24.3 Å². The first-order chi connectivity index (χ1) is 7.91. The number of carbonyl (C=O) groups excluding carboxylic acids is 2. The Hall–Kier alpha value is -2.44. The maximum Gasteiger partial charge on any atom is 0.269 e. The lowest BCUT2D eigenvalue weighted by atomic mass is 9.98. The van der Waals surface area contributed by atoms with Crippen LogP contribution in [0.1, 0.15) is 5.56 Å². The van der Waals surface area contributed by atoms with E-state index in [-0.39, 0.29) is 12.1 Å². The van der Waals surface area contributed by atoms with E-state index in [1.54, 1.807) is 0 Å². The second kappa shape index (κ2) is 5.06. The molecule has 0 heterocycles. The van der Waals surface area contributed by atoms with Gasteiger partial charge >= 0.3 is 0 Å². The summed E-state index contributed by atoms with van der Waals surface area (Å²) in [6.45, 7) is 0. The first-order valence-electron chi connectivity index (χ1n) is 4.73. The van der Waals surface area contributed by atoms with E-state index in [0.29, 0.717) is 5.56 Å². The highest BCUT2D eigenvalue weighted by Gasteiger charge is 2.22. The molecule has 0 unspecified atom stereocenters. The smallest absolute Gasteiger partial charge is 0.269 e. The number of benzene rings is 1. The van der Waals surface area contributed by atoms with Gasteiger partial charge in [-0.15, -0.1) is 0 Å². The molecule has 7 heteroatoms. The van der Waals surface area contributed by atoms with Gasteiger partial charge in [-0.05, 0) is 12.0 Å². The number of amides is 2. The van der Waals surface area contributed by atoms with Crippen molar-refractivity contribution in [3.8, 4) is 0 Å². The van der Waals surface area contributed by atoms with Crippen molar-refractivity contribution in [2.75, 3.05) is 0 Å². The Balaban J connectivity index is 2.84. The van der Waals surface area contributed by atoms with Crippen LogP contribution in [0.15, 0.2) is 24.3 Å². The fourth-order valence-electron chi connectivity index (χ4n) is 1.33. The lowest BCUT2D eigenvalue weighted by Gasteiger charge is -2.08. The molecule has 0 fully saturated rings. The molecule has 0 aliphatic rings. The van der Waals surface area contributed by atoms with E-state index >= 15 is 0 Å². The molecule has 7 nitrogen and oxygen atoms in total. The molecule has 0 spiro atoms. The summed E-state index contributed by atoms with van der Waals surface area (Å²) in [4.78, 5) is 31.7. The maximum atomic E-state index is 10.9. The zero-order valence-electron chi connectivity index (χ0n) is 8.83. The molecule has 0 saturated heterocycles. The summed E-state index contributed by atoms with van der Waals surface area (Å²) in [5.74, 6) is -2.72. The minimum Gasteiger partial charge on any atom is -0.369 e. The second-order valence-electron chi connectivity index (χ2n) is 3.49. The topological polar surface area (TPSA) is 129 Å². The van der Waals surface area contributed by atoms with Crippen molar-refractivity contribution < 1.29 is 14.5 Å². The number of nitrogens with zero attached hydrogens (tertiary/aromatic N) is 1. The molecule has 0 radical (unpaired) electrons. The second-order valence-corrected chi connectivity index (χ2v) is 3.49. The van der Waals surface area contributed by atoms with Gasteiger partial charge in [0, 0.05) is 12.1 Å². The van der Waals surface area contributed by atoms with Crippen LogP contribution < -0.4 is 11.5 Å². The molecule has 0 atom stereocenters. The highest BCUT2D eigenvalue weighted by molar-refractivity contribution is 5.99. The lowest BCUT2D eigenvalue weighted by Crippen LogP contribution is -2.36. The molecular formula is C10H11N3O4. The molecule has 0 saturated carbocycles. The zero-order valence-corrected chi connectivity index (χ0v) is 8.83. The first-order valence-corrected chi connectivity index (χ1v) is 4.73. The average Bonchev–Trinajstić information content (AvgIpc) is 2.25. The predicted octanol–water partition coefficient (Wildman–Crippen LogP) is -0.276. The van der Waals surface area contributed by atoms with Crippen molar-refractivity contribution in [3.05, 3.63) is 39.9 Å². The van der Waals surface area contributed by atoms with E-state index in [9.17, 15) is 19.7 Å². The van der Waals surface area contributed by atoms with E-state index in [0.717, 1.165) is 0 Å². The van der Waals surface area contributed by atoms with Gasteiger partial charge in [0.1, 0.15) is 5.92 Å². The Morgan fingerprint density at radius 2 is 1.65 bits per heavy atom. The van der Waals surface area contributed by atoms with Crippen molar-refractivity contribution in [2.45, 2.75) is 6.42 Å². The van der Waals surface area contributed by atoms with E-state index < -0.39 is 22.7 Å². The van der Waals surface area contributed by atoms with Crippen LogP contribution in [0.2, 0.25) is 0 Å². The lowest BCUT2D eigenvalue weighted by molar-refractivity contribution is -0.384. The monoisotopic (exact) mass is 237 g/mol. The number of nitro benzene ring substituents is 1. The van der Waals surface area contributed by atoms with E-state index in [2.05, 4.69) is 0 Å². The van der Waals surface area contributed by atoms with Crippen molar-refractivity contribution >= 4 is 17.5 Å². The number of nitrogens with two attached hydrogens (primary N) is 2. The molecule has 4 N–H and O–H groups in total. The largest absolute Gasteiger partial charge is 0.369 e. The standard InChI is InChI=1S/C10H11N3O4/c11-9(14)8(10(12)15)5-6-1-3-7(4-2-6)13(16)17/h1-4,8H,5H2,(H2,11,14)(H2,12,15). The Morgan fingerprint density at radius 1 is 1.18 bits per heavy atom. The number of carbonyl (C=O) groups is 2. The summed E-state index contributed by atoms with van der Waals surface area (Å²) < 4.78 is 0. The number of nitro groups is 1. The minimum absolute atomic E-state index is 0.0443. The first kappa shape index (κ1) is 12.6. The van der Waals surface area contributed by atoms with E-state index in [4.69, 9.17) is 11.5 Å². The number of hydrogen-bond acceptors (Lipinski definition) is 4. The van der Waals surface area contributed by atoms with Crippen LogP contribution in [-0.4, -0.2) is 16.7 Å². The van der Waals surface area contributed by atoms with E-state index in [1.807, 2.05) is 0 Å². The molecular weight excluding hydrogens is 226 g/mol. The molecule has 17 heavy (non-hydrogen) atoms. The maximum absolute atomic E-state index is 10.9. The molecule has 0 aromatic heterocycles. The number of hydrogen-bond donors (Lipinski definition) is 2. The third kappa shape index (κ3) is 3.26. The van der Waals surface area contributed by atoms with Crippen molar-refractivity contribution in [1.82, 2.24) is 0 Å². The van der Waals surface area contributed by atoms with Crippen molar-refractivity contribution in [2.24, 2.45) is 17.4 Å². The van der Waals surface area contributed by atoms with Crippen LogP contribution in [0.5, 0.6) is 0 Å². The highest BCUT2D eigenvalue weighted by atomic mass is 16.6. The van der Waals surface area contributed by atoms with Crippen LogP contribution in [0, 0.1) is 16.0 Å². The van der Waals surface area contributed by atoms with Crippen molar-refractivity contribution in [3.63, 3.8) is 0 Å². The fraction of sp³-hybridized carbons (Fsp3) is 0.200. The average molecular weight is 237 g/mol. The fourth-order valence-corrected chi connectivity index (χ4v) is 1.33. The zero-order chi connectivity index (χ0) is 13.0. The third-order valence-electron chi connectivity index (χ3n) is 2.27. The van der Waals surface area contributed by atoms with Gasteiger partial charge in [-0.25, -0.2) is 0 Å². The Bertz CT molecular complexity index is 441. The van der Waals surface area contributed by atoms with Gasteiger partial charge in [0.05, 0.1) is 4.92 Å². The Labute approximate surface area is 96.5 Å². The van der Waals surface area contributed by atoms with Gasteiger partial charge in [-0.3, -0.25) is 19.7 Å². The van der Waals surface area contributed by atoms with Crippen molar-refractivity contribution in [1.29, 1.82) is 0 Å².